The van der Waals surface area contributed by atoms with Crippen molar-refractivity contribution in [3.63, 3.8) is 0 Å². The molecule has 2 unspecified atom stereocenters. The van der Waals surface area contributed by atoms with E-state index < -0.39 is 0 Å². The summed E-state index contributed by atoms with van der Waals surface area (Å²) in [5.41, 5.74) is 1.23. The van der Waals surface area contributed by atoms with E-state index in [2.05, 4.69) is 28.9 Å². The van der Waals surface area contributed by atoms with Crippen molar-refractivity contribution < 1.29 is 14.3 Å². The minimum Gasteiger partial charge on any atom is -0.497 e. The van der Waals surface area contributed by atoms with Crippen LogP contribution in [0.3, 0.4) is 0 Å². The molecule has 0 spiro atoms. The van der Waals surface area contributed by atoms with Gasteiger partial charge in [-0.05, 0) is 31.4 Å². The molecule has 3 rings (SSSR count). The van der Waals surface area contributed by atoms with E-state index in [1.54, 1.807) is 7.11 Å². The smallest absolute Gasteiger partial charge is 0.309 e. The molecule has 2 atom stereocenters. The number of cyclic esters (lactones) is 1. The molecular formula is C19H28N2O3. The van der Waals surface area contributed by atoms with Gasteiger partial charge < -0.3 is 14.4 Å². The van der Waals surface area contributed by atoms with E-state index in [0.29, 0.717) is 0 Å². The third-order valence-corrected chi connectivity index (χ3v) is 5.21. The summed E-state index contributed by atoms with van der Waals surface area (Å²) >= 11 is 0. The zero-order valence-corrected chi connectivity index (χ0v) is 14.7. The van der Waals surface area contributed by atoms with Gasteiger partial charge in [0.25, 0.3) is 0 Å². The van der Waals surface area contributed by atoms with Crippen LogP contribution in [0.2, 0.25) is 0 Å². The summed E-state index contributed by atoms with van der Waals surface area (Å²) in [4.78, 5) is 16.5. The number of piperazine rings is 1. The number of ether oxygens (including phenoxy) is 2. The molecule has 0 bridgehead atoms. The Bertz CT molecular complexity index is 555. The fourth-order valence-corrected chi connectivity index (χ4v) is 3.60. The maximum atomic E-state index is 11.7. The lowest BCUT2D eigenvalue weighted by atomic mass is 10.0. The van der Waals surface area contributed by atoms with Crippen molar-refractivity contribution in [2.24, 2.45) is 5.92 Å². The highest BCUT2D eigenvalue weighted by Crippen LogP contribution is 2.26. The minimum absolute atomic E-state index is 0.00495. The summed E-state index contributed by atoms with van der Waals surface area (Å²) in [6, 6.07) is 8.25. The molecule has 2 aliphatic heterocycles. The van der Waals surface area contributed by atoms with Crippen molar-refractivity contribution in [3.05, 3.63) is 24.3 Å². The average Bonchev–Trinajstić information content (AvgIpc) is 3.00. The predicted molar refractivity (Wildman–Crippen MR) is 94.5 cm³/mol. The summed E-state index contributed by atoms with van der Waals surface area (Å²) in [5.74, 6) is 1.04. The standard InChI is InChI=1S/C19H28N2O3/c1-3-15-13-18(24-19(15)22)7-8-20-9-11-21(12-10-20)16-5-4-6-17(14-16)23-2/h4-6,14-15,18H,3,7-13H2,1-2H3. The van der Waals surface area contributed by atoms with E-state index in [-0.39, 0.29) is 18.0 Å². The van der Waals surface area contributed by atoms with Crippen LogP contribution in [-0.4, -0.2) is 56.8 Å². The second-order valence-electron chi connectivity index (χ2n) is 6.72. The number of esters is 1. The van der Waals surface area contributed by atoms with Crippen LogP contribution in [0.5, 0.6) is 5.75 Å². The Balaban J connectivity index is 1.43. The highest BCUT2D eigenvalue weighted by molar-refractivity contribution is 5.74. The Morgan fingerprint density at radius 1 is 1.25 bits per heavy atom. The molecule has 2 heterocycles. The maximum Gasteiger partial charge on any atom is 0.309 e. The van der Waals surface area contributed by atoms with E-state index in [4.69, 9.17) is 9.47 Å². The van der Waals surface area contributed by atoms with Crippen LogP contribution in [0.25, 0.3) is 0 Å². The van der Waals surface area contributed by atoms with Crippen molar-refractivity contribution in [3.8, 4) is 5.75 Å². The Morgan fingerprint density at radius 2 is 2.04 bits per heavy atom. The fourth-order valence-electron chi connectivity index (χ4n) is 3.60. The third-order valence-electron chi connectivity index (χ3n) is 5.21. The second-order valence-corrected chi connectivity index (χ2v) is 6.72. The van der Waals surface area contributed by atoms with E-state index in [0.717, 1.165) is 57.7 Å². The van der Waals surface area contributed by atoms with Crippen LogP contribution < -0.4 is 9.64 Å². The number of hydrogen-bond donors (Lipinski definition) is 0. The van der Waals surface area contributed by atoms with Gasteiger partial charge in [0.2, 0.25) is 0 Å². The molecule has 5 heteroatoms. The van der Waals surface area contributed by atoms with Gasteiger partial charge in [-0.25, -0.2) is 0 Å². The molecule has 132 valence electrons. The van der Waals surface area contributed by atoms with Gasteiger partial charge in [0, 0.05) is 44.5 Å². The Kier molecular flexibility index (Phi) is 5.61. The summed E-state index contributed by atoms with van der Waals surface area (Å²) in [7, 11) is 1.70. The van der Waals surface area contributed by atoms with Crippen LogP contribution >= 0.6 is 0 Å². The summed E-state index contributed by atoms with van der Waals surface area (Å²) in [5, 5.41) is 0. The Morgan fingerprint density at radius 3 is 2.71 bits per heavy atom. The molecule has 5 nitrogen and oxygen atoms in total. The van der Waals surface area contributed by atoms with Crippen LogP contribution in [0, 0.1) is 5.92 Å². The zero-order chi connectivity index (χ0) is 16.9. The van der Waals surface area contributed by atoms with E-state index in [9.17, 15) is 4.79 Å². The first kappa shape index (κ1) is 17.1. The van der Waals surface area contributed by atoms with Crippen LogP contribution in [-0.2, 0) is 9.53 Å². The van der Waals surface area contributed by atoms with Gasteiger partial charge in [-0.15, -0.1) is 0 Å². The third kappa shape index (κ3) is 4.01. The SMILES string of the molecule is CCC1CC(CCN2CCN(c3cccc(OC)c3)CC2)OC1=O. The van der Waals surface area contributed by atoms with Gasteiger partial charge in [0.15, 0.2) is 0 Å². The maximum absolute atomic E-state index is 11.7. The number of anilines is 1. The minimum atomic E-state index is 0.00495. The predicted octanol–water partition coefficient (Wildman–Crippen LogP) is 2.55. The normalized spacial score (nSPS) is 24.9. The van der Waals surface area contributed by atoms with Crippen molar-refractivity contribution in [1.82, 2.24) is 4.90 Å². The zero-order valence-electron chi connectivity index (χ0n) is 14.7. The van der Waals surface area contributed by atoms with Crippen LogP contribution in [0.1, 0.15) is 26.2 Å². The molecule has 0 N–H and O–H groups in total. The summed E-state index contributed by atoms with van der Waals surface area (Å²) in [6.45, 7) is 7.22. The Labute approximate surface area is 144 Å². The van der Waals surface area contributed by atoms with E-state index in [1.807, 2.05) is 12.1 Å². The summed E-state index contributed by atoms with van der Waals surface area (Å²) in [6.07, 6.45) is 2.88. The quantitative estimate of drug-likeness (QED) is 0.749. The number of benzene rings is 1. The molecule has 0 aliphatic carbocycles. The van der Waals surface area contributed by atoms with Gasteiger partial charge in [0.05, 0.1) is 13.0 Å². The molecule has 0 radical (unpaired) electrons. The highest BCUT2D eigenvalue weighted by atomic mass is 16.5. The van der Waals surface area contributed by atoms with Gasteiger partial charge in [0.1, 0.15) is 11.9 Å². The van der Waals surface area contributed by atoms with Crippen molar-refractivity contribution in [2.75, 3.05) is 44.7 Å². The van der Waals surface area contributed by atoms with Gasteiger partial charge >= 0.3 is 5.97 Å². The molecule has 0 saturated carbocycles. The first-order valence-corrected chi connectivity index (χ1v) is 9.01. The lowest BCUT2D eigenvalue weighted by Crippen LogP contribution is -2.47. The number of nitrogens with zero attached hydrogens (tertiary/aromatic N) is 2. The lowest BCUT2D eigenvalue weighted by Gasteiger charge is -2.36. The summed E-state index contributed by atoms with van der Waals surface area (Å²) < 4.78 is 10.8. The number of methoxy groups -OCH3 is 1. The number of hydrogen-bond acceptors (Lipinski definition) is 5. The van der Waals surface area contributed by atoms with E-state index in [1.165, 1.54) is 5.69 Å². The molecule has 2 saturated heterocycles. The molecule has 24 heavy (non-hydrogen) atoms. The number of carbonyl (C=O) groups is 1. The van der Waals surface area contributed by atoms with Crippen LogP contribution in [0.4, 0.5) is 5.69 Å². The van der Waals surface area contributed by atoms with E-state index >= 15 is 0 Å². The second kappa shape index (κ2) is 7.88. The lowest BCUT2D eigenvalue weighted by molar-refractivity contribution is -0.144. The van der Waals surface area contributed by atoms with Crippen molar-refractivity contribution in [1.29, 1.82) is 0 Å². The number of rotatable bonds is 6. The van der Waals surface area contributed by atoms with Gasteiger partial charge in [-0.2, -0.15) is 0 Å². The van der Waals surface area contributed by atoms with Crippen LogP contribution in [0.15, 0.2) is 24.3 Å². The number of carbonyl (C=O) groups excluding carboxylic acids is 1. The first-order chi connectivity index (χ1) is 11.7. The molecular weight excluding hydrogens is 304 g/mol. The van der Waals surface area contributed by atoms with Gasteiger partial charge in [-0.1, -0.05) is 13.0 Å². The molecule has 0 aromatic heterocycles. The van der Waals surface area contributed by atoms with Crippen molar-refractivity contribution in [2.45, 2.75) is 32.3 Å². The average molecular weight is 332 g/mol. The molecule has 1 aromatic rings. The topological polar surface area (TPSA) is 42.0 Å². The first-order valence-electron chi connectivity index (χ1n) is 9.01. The fraction of sp³-hybridized carbons (Fsp3) is 0.632. The molecule has 2 fully saturated rings. The molecule has 1 aromatic carbocycles. The molecule has 2 aliphatic rings. The largest absolute Gasteiger partial charge is 0.497 e. The van der Waals surface area contributed by atoms with Gasteiger partial charge in [-0.3, -0.25) is 9.69 Å². The van der Waals surface area contributed by atoms with Crippen molar-refractivity contribution >= 4 is 11.7 Å². The highest BCUT2D eigenvalue weighted by Gasteiger charge is 2.33. The molecule has 0 amide bonds. The monoisotopic (exact) mass is 332 g/mol. The Hall–Kier alpha value is -1.75.